The second kappa shape index (κ2) is 6.66. The number of nitrogens with one attached hydrogen (secondary N) is 1. The predicted octanol–water partition coefficient (Wildman–Crippen LogP) is 3.68. The predicted molar refractivity (Wildman–Crippen MR) is 85.0 cm³/mol. The second-order valence-electron chi connectivity index (χ2n) is 4.96. The molecule has 0 fully saturated rings. The number of aromatic nitrogens is 2. The lowest BCUT2D eigenvalue weighted by Crippen LogP contribution is -2.00. The zero-order valence-electron chi connectivity index (χ0n) is 11.7. The highest BCUT2D eigenvalue weighted by Gasteiger charge is 1.99. The minimum atomic E-state index is 0.732. The molecule has 0 bridgehead atoms. The van der Waals surface area contributed by atoms with Gasteiger partial charge >= 0.3 is 0 Å². The van der Waals surface area contributed by atoms with Gasteiger partial charge in [-0.05, 0) is 29.7 Å². The van der Waals surface area contributed by atoms with Crippen LogP contribution < -0.4 is 5.32 Å². The largest absolute Gasteiger partial charge is 0.381 e. The maximum Gasteiger partial charge on any atom is 0.115 e. The molecule has 0 aliphatic rings. The molecule has 3 heteroatoms. The highest BCUT2D eigenvalue weighted by molar-refractivity contribution is 5.47. The Morgan fingerprint density at radius 2 is 1.52 bits per heavy atom. The van der Waals surface area contributed by atoms with Crippen molar-refractivity contribution in [3.05, 3.63) is 90.0 Å². The molecule has 0 unspecified atom stereocenters. The molecule has 0 saturated carbocycles. The first-order valence-electron chi connectivity index (χ1n) is 7.01. The molecule has 0 spiro atoms. The Balaban J connectivity index is 1.66. The summed E-state index contributed by atoms with van der Waals surface area (Å²) >= 11 is 0. The van der Waals surface area contributed by atoms with Gasteiger partial charge in [-0.15, -0.1) is 0 Å². The number of hydrogen-bond acceptors (Lipinski definition) is 3. The summed E-state index contributed by atoms with van der Waals surface area (Å²) in [5.41, 5.74) is 4.82. The zero-order valence-corrected chi connectivity index (χ0v) is 11.7. The van der Waals surface area contributed by atoms with Crippen molar-refractivity contribution in [2.45, 2.75) is 13.0 Å². The summed E-state index contributed by atoms with van der Waals surface area (Å²) in [6.07, 6.45) is 6.15. The van der Waals surface area contributed by atoms with Gasteiger partial charge in [-0.2, -0.15) is 0 Å². The molecule has 0 aliphatic heterocycles. The van der Waals surface area contributed by atoms with E-state index in [1.165, 1.54) is 11.1 Å². The van der Waals surface area contributed by atoms with Gasteiger partial charge < -0.3 is 5.32 Å². The third-order valence-corrected chi connectivity index (χ3v) is 3.29. The van der Waals surface area contributed by atoms with Crippen LogP contribution in [0.4, 0.5) is 5.69 Å². The Kier molecular flexibility index (Phi) is 4.22. The molecular formula is C18H17N3. The monoisotopic (exact) mass is 275 g/mol. The van der Waals surface area contributed by atoms with Crippen LogP contribution in [-0.2, 0) is 13.0 Å². The van der Waals surface area contributed by atoms with Crippen molar-refractivity contribution in [1.29, 1.82) is 0 Å². The number of rotatable bonds is 5. The standard InChI is InChI=1S/C18H17N3/c1-2-5-15(6-3-1)9-16-7-4-8-18(10-16)21-13-17-11-19-14-20-12-17/h1-8,10-12,14,21H,9,13H2. The lowest BCUT2D eigenvalue weighted by Gasteiger charge is -2.08. The van der Waals surface area contributed by atoms with Gasteiger partial charge in [0.15, 0.2) is 0 Å². The van der Waals surface area contributed by atoms with E-state index in [1.807, 2.05) is 18.5 Å². The van der Waals surface area contributed by atoms with Gasteiger partial charge in [0.2, 0.25) is 0 Å². The Bertz CT molecular complexity index is 681. The smallest absolute Gasteiger partial charge is 0.115 e. The maximum absolute atomic E-state index is 4.02. The molecule has 2 aromatic carbocycles. The van der Waals surface area contributed by atoms with E-state index in [1.54, 1.807) is 6.33 Å². The fourth-order valence-corrected chi connectivity index (χ4v) is 2.25. The Labute approximate surface area is 124 Å². The van der Waals surface area contributed by atoms with E-state index in [2.05, 4.69) is 63.8 Å². The molecule has 0 aliphatic carbocycles. The van der Waals surface area contributed by atoms with Crippen molar-refractivity contribution < 1.29 is 0 Å². The van der Waals surface area contributed by atoms with Gasteiger partial charge in [-0.3, -0.25) is 0 Å². The lowest BCUT2D eigenvalue weighted by atomic mass is 10.0. The summed E-state index contributed by atoms with van der Waals surface area (Å²) in [5.74, 6) is 0. The lowest BCUT2D eigenvalue weighted by molar-refractivity contribution is 1.05. The molecular weight excluding hydrogens is 258 g/mol. The van der Waals surface area contributed by atoms with Crippen LogP contribution in [0.25, 0.3) is 0 Å². The first-order valence-corrected chi connectivity index (χ1v) is 7.01. The normalized spacial score (nSPS) is 10.3. The number of benzene rings is 2. The minimum absolute atomic E-state index is 0.732. The van der Waals surface area contributed by atoms with Crippen molar-refractivity contribution >= 4 is 5.69 Å². The molecule has 0 atom stereocenters. The molecule has 3 aromatic rings. The Morgan fingerprint density at radius 3 is 2.33 bits per heavy atom. The van der Waals surface area contributed by atoms with Gasteiger partial charge in [0.1, 0.15) is 6.33 Å². The first-order chi connectivity index (χ1) is 10.4. The van der Waals surface area contributed by atoms with E-state index < -0.39 is 0 Å². The summed E-state index contributed by atoms with van der Waals surface area (Å²) in [6, 6.07) is 19.0. The number of anilines is 1. The molecule has 21 heavy (non-hydrogen) atoms. The molecule has 1 heterocycles. The number of hydrogen-bond donors (Lipinski definition) is 1. The van der Waals surface area contributed by atoms with Crippen LogP contribution in [-0.4, -0.2) is 9.97 Å². The van der Waals surface area contributed by atoms with Crippen LogP contribution >= 0.6 is 0 Å². The van der Waals surface area contributed by atoms with Crippen LogP contribution in [0.5, 0.6) is 0 Å². The van der Waals surface area contributed by atoms with Crippen LogP contribution in [0, 0.1) is 0 Å². The second-order valence-corrected chi connectivity index (χ2v) is 4.96. The van der Waals surface area contributed by atoms with E-state index >= 15 is 0 Å². The molecule has 3 rings (SSSR count). The third kappa shape index (κ3) is 3.89. The van der Waals surface area contributed by atoms with Gasteiger partial charge in [0.25, 0.3) is 0 Å². The summed E-state index contributed by atoms with van der Waals surface area (Å²) in [7, 11) is 0. The zero-order chi connectivity index (χ0) is 14.3. The molecule has 3 nitrogen and oxygen atoms in total. The van der Waals surface area contributed by atoms with Crippen LogP contribution in [0.2, 0.25) is 0 Å². The average molecular weight is 275 g/mol. The van der Waals surface area contributed by atoms with Gasteiger partial charge in [0, 0.05) is 30.2 Å². The van der Waals surface area contributed by atoms with E-state index in [-0.39, 0.29) is 0 Å². The molecule has 104 valence electrons. The van der Waals surface area contributed by atoms with Crippen molar-refractivity contribution in [3.63, 3.8) is 0 Å². The van der Waals surface area contributed by atoms with Gasteiger partial charge in [-0.1, -0.05) is 42.5 Å². The third-order valence-electron chi connectivity index (χ3n) is 3.29. The average Bonchev–Trinajstić information content (AvgIpc) is 2.55. The fraction of sp³-hybridized carbons (Fsp3) is 0.111. The molecule has 0 saturated heterocycles. The summed E-state index contributed by atoms with van der Waals surface area (Å²) in [6.45, 7) is 0.732. The topological polar surface area (TPSA) is 37.8 Å². The van der Waals surface area contributed by atoms with Crippen molar-refractivity contribution in [2.24, 2.45) is 0 Å². The van der Waals surface area contributed by atoms with Crippen molar-refractivity contribution in [2.75, 3.05) is 5.32 Å². The fourth-order valence-electron chi connectivity index (χ4n) is 2.25. The highest BCUT2D eigenvalue weighted by Crippen LogP contribution is 2.15. The van der Waals surface area contributed by atoms with Crippen molar-refractivity contribution in [1.82, 2.24) is 9.97 Å². The summed E-state index contributed by atoms with van der Waals surface area (Å²) in [5, 5.41) is 3.41. The summed E-state index contributed by atoms with van der Waals surface area (Å²) in [4.78, 5) is 8.04. The molecule has 1 aromatic heterocycles. The van der Waals surface area contributed by atoms with E-state index in [0.29, 0.717) is 0 Å². The maximum atomic E-state index is 4.02. The van der Waals surface area contributed by atoms with Gasteiger partial charge in [0.05, 0.1) is 0 Å². The number of nitrogens with zero attached hydrogens (tertiary/aromatic N) is 2. The van der Waals surface area contributed by atoms with E-state index in [9.17, 15) is 0 Å². The SMILES string of the molecule is c1ccc(Cc2cccc(NCc3cncnc3)c2)cc1. The Morgan fingerprint density at radius 1 is 0.762 bits per heavy atom. The molecule has 0 radical (unpaired) electrons. The molecule has 1 N–H and O–H groups in total. The van der Waals surface area contributed by atoms with E-state index in [0.717, 1.165) is 24.2 Å². The van der Waals surface area contributed by atoms with Gasteiger partial charge in [-0.25, -0.2) is 9.97 Å². The summed E-state index contributed by atoms with van der Waals surface area (Å²) < 4.78 is 0. The van der Waals surface area contributed by atoms with Crippen LogP contribution in [0.3, 0.4) is 0 Å². The quantitative estimate of drug-likeness (QED) is 0.772. The van der Waals surface area contributed by atoms with Crippen molar-refractivity contribution in [3.8, 4) is 0 Å². The Hall–Kier alpha value is -2.68. The highest BCUT2D eigenvalue weighted by atomic mass is 14.9. The molecule has 0 amide bonds. The van der Waals surface area contributed by atoms with Crippen LogP contribution in [0.15, 0.2) is 73.3 Å². The first kappa shape index (κ1) is 13.3. The van der Waals surface area contributed by atoms with Crippen LogP contribution in [0.1, 0.15) is 16.7 Å². The van der Waals surface area contributed by atoms with E-state index in [4.69, 9.17) is 0 Å². The minimum Gasteiger partial charge on any atom is -0.381 e.